The lowest BCUT2D eigenvalue weighted by Crippen LogP contribution is -2.56. The first-order valence-corrected chi connectivity index (χ1v) is 6.15. The molecule has 2 aliphatic carbocycles. The van der Waals surface area contributed by atoms with Crippen LogP contribution in [0.25, 0.3) is 0 Å². The maximum Gasteiger partial charge on any atom is 0.237 e. The largest absolute Gasteiger partial charge is 0.346 e. The molecule has 0 saturated carbocycles. The maximum atomic E-state index is 12.1. The van der Waals surface area contributed by atoms with Crippen LogP contribution in [0, 0.1) is 23.2 Å². The van der Waals surface area contributed by atoms with Gasteiger partial charge in [0, 0.05) is 24.4 Å². The maximum absolute atomic E-state index is 12.1. The minimum atomic E-state index is -1.05. The summed E-state index contributed by atoms with van der Waals surface area (Å²) in [6.07, 6.45) is 8.10. The Balaban J connectivity index is 2.19. The van der Waals surface area contributed by atoms with E-state index in [0.29, 0.717) is 12.5 Å². The Morgan fingerprint density at radius 1 is 1.47 bits per heavy atom. The molecule has 0 amide bonds. The average Bonchev–Trinajstić information content (AvgIpc) is 2.72. The molecule has 0 unspecified atom stereocenters. The molecule has 1 fully saturated rings. The summed E-state index contributed by atoms with van der Waals surface area (Å²) in [5.41, 5.74) is -0.0557. The topological polar surface area (TPSA) is 35.5 Å². The Hall–Kier alpha value is -0.930. The van der Waals surface area contributed by atoms with Gasteiger partial charge in [0.25, 0.3) is 0 Å². The van der Waals surface area contributed by atoms with Crippen LogP contribution >= 0.6 is 0 Å². The van der Waals surface area contributed by atoms with Gasteiger partial charge in [-0.25, -0.2) is 0 Å². The van der Waals surface area contributed by atoms with E-state index in [2.05, 4.69) is 26.0 Å². The fourth-order valence-electron chi connectivity index (χ4n) is 3.66. The second kappa shape index (κ2) is 3.30. The predicted molar refractivity (Wildman–Crippen MR) is 63.2 cm³/mol. The molecule has 17 heavy (non-hydrogen) atoms. The molecule has 3 rings (SSSR count). The van der Waals surface area contributed by atoms with Crippen molar-refractivity contribution in [2.24, 2.45) is 23.2 Å². The highest BCUT2D eigenvalue weighted by molar-refractivity contribution is 5.97. The fourth-order valence-corrected chi connectivity index (χ4v) is 3.66. The van der Waals surface area contributed by atoms with E-state index >= 15 is 0 Å². The number of hydrogen-bond acceptors (Lipinski definition) is 3. The van der Waals surface area contributed by atoms with Crippen molar-refractivity contribution in [1.82, 2.24) is 0 Å². The molecule has 3 aliphatic rings. The molecule has 3 nitrogen and oxygen atoms in total. The molecule has 3 heteroatoms. The summed E-state index contributed by atoms with van der Waals surface area (Å²) >= 11 is 0. The van der Waals surface area contributed by atoms with Crippen molar-refractivity contribution < 1.29 is 14.3 Å². The number of methoxy groups -OCH3 is 1. The highest BCUT2D eigenvalue weighted by Crippen LogP contribution is 2.57. The lowest BCUT2D eigenvalue weighted by molar-refractivity contribution is -0.224. The molecule has 1 saturated heterocycles. The van der Waals surface area contributed by atoms with Crippen molar-refractivity contribution in [3.63, 3.8) is 0 Å². The van der Waals surface area contributed by atoms with Crippen LogP contribution in [0.5, 0.6) is 0 Å². The molecule has 0 radical (unpaired) electrons. The molecule has 0 spiro atoms. The molecule has 1 aliphatic heterocycles. The Bertz CT molecular complexity index is 425. The molecular weight excluding hydrogens is 216 g/mol. The van der Waals surface area contributed by atoms with E-state index < -0.39 is 5.79 Å². The third-order valence-electron chi connectivity index (χ3n) is 4.87. The molecule has 0 aromatic heterocycles. The quantitative estimate of drug-likeness (QED) is 0.650. The van der Waals surface area contributed by atoms with Gasteiger partial charge in [0.2, 0.25) is 11.6 Å². The molecule has 0 bridgehead atoms. The van der Waals surface area contributed by atoms with Gasteiger partial charge in [-0.1, -0.05) is 32.1 Å². The monoisotopic (exact) mass is 234 g/mol. The van der Waals surface area contributed by atoms with E-state index in [0.717, 1.165) is 0 Å². The van der Waals surface area contributed by atoms with Crippen molar-refractivity contribution in [2.75, 3.05) is 13.7 Å². The highest BCUT2D eigenvalue weighted by Gasteiger charge is 2.64. The number of ether oxygens (including phenoxy) is 2. The molecule has 5 atom stereocenters. The first-order valence-electron chi connectivity index (χ1n) is 6.15. The third kappa shape index (κ3) is 1.16. The molecule has 0 aromatic carbocycles. The van der Waals surface area contributed by atoms with Gasteiger partial charge in [0.1, 0.15) is 0 Å². The van der Waals surface area contributed by atoms with Crippen molar-refractivity contribution in [1.29, 1.82) is 0 Å². The summed E-state index contributed by atoms with van der Waals surface area (Å²) in [5, 5.41) is 0. The van der Waals surface area contributed by atoms with E-state index in [1.165, 1.54) is 0 Å². The Kier molecular flexibility index (Phi) is 2.17. The number of ketones is 1. The van der Waals surface area contributed by atoms with Gasteiger partial charge < -0.3 is 9.47 Å². The standard InChI is InChI=1S/C14H18O3/c1-9-4-5-10-8-17-14(16-3)11(15)6-7-13(9,2)12(10)14/h4-7,9-10,12H,8H2,1-3H3/t9-,10-,12+,13-,14-/m1/s1. The summed E-state index contributed by atoms with van der Waals surface area (Å²) in [6, 6.07) is 0. The first-order chi connectivity index (χ1) is 8.04. The second-order valence-corrected chi connectivity index (χ2v) is 5.56. The molecule has 1 heterocycles. The van der Waals surface area contributed by atoms with Gasteiger partial charge in [-0.3, -0.25) is 4.79 Å². The first kappa shape index (κ1) is 11.2. The minimum absolute atomic E-state index is 0.0486. The molecule has 0 N–H and O–H groups in total. The summed E-state index contributed by atoms with van der Waals surface area (Å²) in [5.74, 6) is -0.327. The van der Waals surface area contributed by atoms with Crippen LogP contribution in [-0.2, 0) is 14.3 Å². The van der Waals surface area contributed by atoms with Crippen molar-refractivity contribution in [2.45, 2.75) is 19.6 Å². The summed E-state index contributed by atoms with van der Waals surface area (Å²) in [6.45, 7) is 4.96. The van der Waals surface area contributed by atoms with Crippen LogP contribution in [0.1, 0.15) is 13.8 Å². The van der Waals surface area contributed by atoms with Crippen LogP contribution in [0.4, 0.5) is 0 Å². The Morgan fingerprint density at radius 3 is 2.94 bits per heavy atom. The second-order valence-electron chi connectivity index (χ2n) is 5.56. The average molecular weight is 234 g/mol. The number of hydrogen-bond donors (Lipinski definition) is 0. The highest BCUT2D eigenvalue weighted by atomic mass is 16.7. The molecule has 0 aromatic rings. The SMILES string of the molecule is CO[C@@]12OC[C@H]3C=C[C@@H](C)[C@@](C)(C=CC1=O)[C@H]32. The predicted octanol–water partition coefficient (Wildman–Crippen LogP) is 1.94. The van der Waals surface area contributed by atoms with Crippen LogP contribution < -0.4 is 0 Å². The third-order valence-corrected chi connectivity index (χ3v) is 4.87. The van der Waals surface area contributed by atoms with Gasteiger partial charge >= 0.3 is 0 Å². The summed E-state index contributed by atoms with van der Waals surface area (Å²) in [7, 11) is 1.57. The zero-order valence-electron chi connectivity index (χ0n) is 10.5. The van der Waals surface area contributed by atoms with Crippen LogP contribution in [0.2, 0.25) is 0 Å². The lowest BCUT2D eigenvalue weighted by atomic mass is 9.56. The van der Waals surface area contributed by atoms with E-state index in [1.54, 1.807) is 13.2 Å². The number of carbonyl (C=O) groups is 1. The van der Waals surface area contributed by atoms with Gasteiger partial charge in [-0.05, 0) is 12.0 Å². The van der Waals surface area contributed by atoms with Gasteiger partial charge in [0.15, 0.2) is 0 Å². The zero-order valence-corrected chi connectivity index (χ0v) is 10.5. The smallest absolute Gasteiger partial charge is 0.237 e. The fraction of sp³-hybridized carbons (Fsp3) is 0.643. The number of carbonyl (C=O) groups excluding carboxylic acids is 1. The normalized spacial score (nSPS) is 51.7. The summed E-state index contributed by atoms with van der Waals surface area (Å²) in [4.78, 5) is 12.1. The zero-order chi connectivity index (χ0) is 12.3. The van der Waals surface area contributed by atoms with Crippen molar-refractivity contribution >= 4 is 5.78 Å². The van der Waals surface area contributed by atoms with Crippen LogP contribution in [0.15, 0.2) is 24.3 Å². The van der Waals surface area contributed by atoms with E-state index in [9.17, 15) is 4.79 Å². The Morgan fingerprint density at radius 2 is 2.24 bits per heavy atom. The van der Waals surface area contributed by atoms with Gasteiger partial charge in [-0.15, -0.1) is 0 Å². The molecule has 92 valence electrons. The lowest BCUT2D eigenvalue weighted by Gasteiger charge is -2.49. The van der Waals surface area contributed by atoms with Gasteiger partial charge in [-0.2, -0.15) is 0 Å². The Labute approximate surface area is 101 Å². The minimum Gasteiger partial charge on any atom is -0.346 e. The number of allylic oxidation sites excluding steroid dienone is 2. The van der Waals surface area contributed by atoms with Crippen LogP contribution in [0.3, 0.4) is 0 Å². The van der Waals surface area contributed by atoms with Crippen molar-refractivity contribution in [3.05, 3.63) is 24.3 Å². The van der Waals surface area contributed by atoms with Crippen molar-refractivity contribution in [3.8, 4) is 0 Å². The molecular formula is C14H18O3. The number of rotatable bonds is 1. The van der Waals surface area contributed by atoms with E-state index in [-0.39, 0.29) is 23.0 Å². The summed E-state index contributed by atoms with van der Waals surface area (Å²) < 4.78 is 11.3. The van der Waals surface area contributed by atoms with Gasteiger partial charge in [0.05, 0.1) is 6.61 Å². The van der Waals surface area contributed by atoms with E-state index in [4.69, 9.17) is 9.47 Å². The van der Waals surface area contributed by atoms with Crippen LogP contribution in [-0.4, -0.2) is 25.3 Å². The van der Waals surface area contributed by atoms with E-state index in [1.807, 2.05) is 6.08 Å².